The predicted octanol–water partition coefficient (Wildman–Crippen LogP) is 1.14. The number of hydrogen-bond acceptors (Lipinski definition) is 2. The van der Waals surface area contributed by atoms with E-state index < -0.39 is 0 Å². The molecule has 1 unspecified atom stereocenters. The molecule has 11 heavy (non-hydrogen) atoms. The highest BCUT2D eigenvalue weighted by molar-refractivity contribution is 6.18. The number of aliphatic hydroxyl groups is 1. The Morgan fingerprint density at radius 3 is 2.82 bits per heavy atom. The molecule has 0 saturated heterocycles. The molecular weight excluding hydrogens is 162 g/mol. The minimum absolute atomic E-state index is 0.209. The topological polar surface area (TPSA) is 32.3 Å². The van der Waals surface area contributed by atoms with E-state index in [1.807, 2.05) is 12.2 Å². The average molecular weight is 178 g/mol. The smallest absolute Gasteiger partial charge is 0.0524 e. The van der Waals surface area contributed by atoms with Crippen molar-refractivity contribution >= 4 is 11.6 Å². The summed E-state index contributed by atoms with van der Waals surface area (Å²) < 4.78 is 0. The fourth-order valence-electron chi connectivity index (χ4n) is 0.643. The van der Waals surface area contributed by atoms with Crippen molar-refractivity contribution in [3.63, 3.8) is 0 Å². The molecule has 0 amide bonds. The summed E-state index contributed by atoms with van der Waals surface area (Å²) in [6.45, 7) is 3.47. The molecule has 2 nitrogen and oxygen atoms in total. The van der Waals surface area contributed by atoms with Gasteiger partial charge < -0.3 is 10.4 Å². The predicted molar refractivity (Wildman–Crippen MR) is 49.0 cm³/mol. The summed E-state index contributed by atoms with van der Waals surface area (Å²) in [5, 5.41) is 12.0. The summed E-state index contributed by atoms with van der Waals surface area (Å²) in [6, 6.07) is 0. The van der Waals surface area contributed by atoms with Crippen LogP contribution in [0.1, 0.15) is 13.3 Å². The van der Waals surface area contributed by atoms with Crippen LogP contribution in [0.3, 0.4) is 0 Å². The lowest BCUT2D eigenvalue weighted by Gasteiger charge is -2.03. The Balaban J connectivity index is 2.96. The van der Waals surface area contributed by atoms with Crippen LogP contribution in [0.2, 0.25) is 0 Å². The van der Waals surface area contributed by atoms with Crippen molar-refractivity contribution in [1.82, 2.24) is 5.32 Å². The largest absolute Gasteiger partial charge is 0.393 e. The van der Waals surface area contributed by atoms with E-state index in [4.69, 9.17) is 16.7 Å². The van der Waals surface area contributed by atoms with Crippen LogP contribution in [-0.2, 0) is 0 Å². The van der Waals surface area contributed by atoms with Crippen molar-refractivity contribution < 1.29 is 5.11 Å². The fraction of sp³-hybridized carbons (Fsp3) is 0.750. The van der Waals surface area contributed by atoms with Gasteiger partial charge in [0, 0.05) is 12.4 Å². The molecule has 0 fully saturated rings. The maximum Gasteiger partial charge on any atom is 0.0524 e. The van der Waals surface area contributed by atoms with Gasteiger partial charge in [0.25, 0.3) is 0 Å². The first kappa shape index (κ1) is 11.0. The first-order chi connectivity index (χ1) is 5.27. The van der Waals surface area contributed by atoms with Crippen LogP contribution < -0.4 is 5.32 Å². The Labute approximate surface area is 73.3 Å². The Kier molecular flexibility index (Phi) is 8.01. The van der Waals surface area contributed by atoms with Crippen molar-refractivity contribution in [2.75, 3.05) is 19.0 Å². The van der Waals surface area contributed by atoms with E-state index >= 15 is 0 Å². The maximum absolute atomic E-state index is 8.88. The third-order valence-electron chi connectivity index (χ3n) is 1.26. The molecule has 3 heteroatoms. The number of rotatable bonds is 6. The number of hydrogen-bond donors (Lipinski definition) is 2. The molecule has 0 aromatic heterocycles. The molecule has 0 aliphatic carbocycles. The number of alkyl halides is 1. The molecule has 0 radical (unpaired) electrons. The van der Waals surface area contributed by atoms with Crippen LogP contribution in [0.25, 0.3) is 0 Å². The minimum Gasteiger partial charge on any atom is -0.393 e. The molecule has 66 valence electrons. The summed E-state index contributed by atoms with van der Waals surface area (Å²) in [5.41, 5.74) is 0. The second-order valence-electron chi connectivity index (χ2n) is 2.47. The SMILES string of the molecule is CC(O)CCNC/C=C/CCl. The van der Waals surface area contributed by atoms with Gasteiger partial charge in [-0.05, 0) is 19.9 Å². The molecule has 1 atom stereocenters. The first-order valence-corrected chi connectivity index (χ1v) is 4.40. The molecule has 0 heterocycles. The molecule has 0 spiro atoms. The zero-order valence-corrected chi connectivity index (χ0v) is 7.64. The summed E-state index contributed by atoms with van der Waals surface area (Å²) in [4.78, 5) is 0. The third kappa shape index (κ3) is 9.95. The van der Waals surface area contributed by atoms with E-state index in [1.165, 1.54) is 0 Å². The fourth-order valence-corrected chi connectivity index (χ4v) is 0.769. The highest BCUT2D eigenvalue weighted by atomic mass is 35.5. The van der Waals surface area contributed by atoms with Crippen molar-refractivity contribution in [1.29, 1.82) is 0 Å². The third-order valence-corrected chi connectivity index (χ3v) is 1.44. The first-order valence-electron chi connectivity index (χ1n) is 3.87. The van der Waals surface area contributed by atoms with E-state index in [0.29, 0.717) is 5.88 Å². The quantitative estimate of drug-likeness (QED) is 0.363. The van der Waals surface area contributed by atoms with E-state index in [1.54, 1.807) is 6.92 Å². The van der Waals surface area contributed by atoms with Gasteiger partial charge in [0.1, 0.15) is 0 Å². The Morgan fingerprint density at radius 2 is 2.27 bits per heavy atom. The van der Waals surface area contributed by atoms with Crippen LogP contribution in [0, 0.1) is 0 Å². The Hall–Kier alpha value is -0.0500. The average Bonchev–Trinajstić information content (AvgIpc) is 1.96. The molecule has 0 saturated carbocycles. The number of nitrogens with one attached hydrogen (secondary N) is 1. The van der Waals surface area contributed by atoms with Crippen LogP contribution in [0.4, 0.5) is 0 Å². The van der Waals surface area contributed by atoms with Gasteiger partial charge >= 0.3 is 0 Å². The molecular formula is C8H16ClNO. The lowest BCUT2D eigenvalue weighted by atomic mass is 10.3. The summed E-state index contributed by atoms with van der Waals surface area (Å²) in [5.74, 6) is 0.568. The normalized spacial score (nSPS) is 14.1. The summed E-state index contributed by atoms with van der Waals surface area (Å²) in [7, 11) is 0. The van der Waals surface area contributed by atoms with Gasteiger partial charge in [0.15, 0.2) is 0 Å². The Bertz CT molecular complexity index is 104. The van der Waals surface area contributed by atoms with Crippen LogP contribution in [0.5, 0.6) is 0 Å². The molecule has 0 aromatic rings. The second kappa shape index (κ2) is 8.05. The van der Waals surface area contributed by atoms with E-state index in [-0.39, 0.29) is 6.10 Å². The number of aliphatic hydroxyl groups excluding tert-OH is 1. The highest BCUT2D eigenvalue weighted by Crippen LogP contribution is 1.85. The molecule has 0 rings (SSSR count). The van der Waals surface area contributed by atoms with Crippen LogP contribution in [0.15, 0.2) is 12.2 Å². The van der Waals surface area contributed by atoms with Gasteiger partial charge in [-0.1, -0.05) is 12.2 Å². The van der Waals surface area contributed by atoms with Gasteiger partial charge in [0.2, 0.25) is 0 Å². The molecule has 0 aliphatic heterocycles. The van der Waals surface area contributed by atoms with Crippen molar-refractivity contribution in [2.24, 2.45) is 0 Å². The molecule has 0 bridgehead atoms. The highest BCUT2D eigenvalue weighted by Gasteiger charge is 1.91. The second-order valence-corrected chi connectivity index (χ2v) is 2.78. The van der Waals surface area contributed by atoms with Gasteiger partial charge in [-0.25, -0.2) is 0 Å². The Morgan fingerprint density at radius 1 is 1.55 bits per heavy atom. The van der Waals surface area contributed by atoms with Crippen molar-refractivity contribution in [3.05, 3.63) is 12.2 Å². The monoisotopic (exact) mass is 177 g/mol. The lowest BCUT2D eigenvalue weighted by Crippen LogP contribution is -2.18. The van der Waals surface area contributed by atoms with Crippen LogP contribution >= 0.6 is 11.6 Å². The zero-order valence-electron chi connectivity index (χ0n) is 6.89. The molecule has 2 N–H and O–H groups in total. The summed E-state index contributed by atoms with van der Waals surface area (Å²) in [6.07, 6.45) is 4.47. The minimum atomic E-state index is -0.209. The summed E-state index contributed by atoms with van der Waals surface area (Å²) >= 11 is 5.41. The van der Waals surface area contributed by atoms with Gasteiger partial charge in [-0.2, -0.15) is 0 Å². The zero-order chi connectivity index (χ0) is 8.53. The molecule has 0 aliphatic rings. The van der Waals surface area contributed by atoms with Gasteiger partial charge in [0.05, 0.1) is 6.10 Å². The number of allylic oxidation sites excluding steroid dienone is 1. The van der Waals surface area contributed by atoms with E-state index in [0.717, 1.165) is 19.5 Å². The lowest BCUT2D eigenvalue weighted by molar-refractivity contribution is 0.184. The van der Waals surface area contributed by atoms with E-state index in [2.05, 4.69) is 5.32 Å². The van der Waals surface area contributed by atoms with Crippen molar-refractivity contribution in [2.45, 2.75) is 19.4 Å². The van der Waals surface area contributed by atoms with E-state index in [9.17, 15) is 0 Å². The maximum atomic E-state index is 8.88. The van der Waals surface area contributed by atoms with Crippen molar-refractivity contribution in [3.8, 4) is 0 Å². The van der Waals surface area contributed by atoms with Gasteiger partial charge in [-0.3, -0.25) is 0 Å². The molecule has 0 aromatic carbocycles. The number of halogens is 1. The van der Waals surface area contributed by atoms with Crippen LogP contribution in [-0.4, -0.2) is 30.2 Å². The van der Waals surface area contributed by atoms with Gasteiger partial charge in [-0.15, -0.1) is 11.6 Å². The standard InChI is InChI=1S/C8H16ClNO/c1-8(11)4-7-10-6-3-2-5-9/h2-3,8,10-11H,4-7H2,1H3/b3-2+.